The Morgan fingerprint density at radius 2 is 2.11 bits per heavy atom. The van der Waals surface area contributed by atoms with Crippen molar-refractivity contribution in [3.05, 3.63) is 11.3 Å². The van der Waals surface area contributed by atoms with E-state index in [-0.39, 0.29) is 35.5 Å². The van der Waals surface area contributed by atoms with Crippen molar-refractivity contribution in [3.63, 3.8) is 0 Å². The van der Waals surface area contributed by atoms with Crippen molar-refractivity contribution in [2.45, 2.75) is 57.4 Å². The summed E-state index contributed by atoms with van der Waals surface area (Å²) < 4.78 is 0. The number of carboxylic acid groups (broad SMARTS) is 1. The minimum atomic E-state index is -1.08. The molecule has 3 unspecified atom stereocenters. The van der Waals surface area contributed by atoms with Crippen molar-refractivity contribution < 1.29 is 24.9 Å². The first-order valence-corrected chi connectivity index (χ1v) is 9.84. The molecule has 8 heteroatoms. The number of aliphatic carboxylic acids is 1. The van der Waals surface area contributed by atoms with Gasteiger partial charge in [0.2, 0.25) is 5.91 Å². The molecule has 8 nitrogen and oxygen atoms in total. The molecule has 7 atom stereocenters. The van der Waals surface area contributed by atoms with Gasteiger partial charge in [-0.2, -0.15) is 0 Å². The van der Waals surface area contributed by atoms with Gasteiger partial charge in [0, 0.05) is 12.0 Å². The Hall–Kier alpha value is -1.48. The first-order valence-electron chi connectivity index (χ1n) is 9.84. The first kappa shape index (κ1) is 20.3. The van der Waals surface area contributed by atoms with Gasteiger partial charge in [0.25, 0.3) is 0 Å². The van der Waals surface area contributed by atoms with E-state index in [1.165, 1.54) is 4.90 Å². The van der Waals surface area contributed by atoms with Crippen LogP contribution in [0.5, 0.6) is 0 Å². The van der Waals surface area contributed by atoms with Crippen LogP contribution in [0.3, 0.4) is 0 Å². The van der Waals surface area contributed by atoms with Crippen LogP contribution < -0.4 is 10.6 Å². The van der Waals surface area contributed by atoms with Gasteiger partial charge in [-0.1, -0.05) is 6.92 Å². The van der Waals surface area contributed by atoms with Crippen molar-refractivity contribution in [2.24, 2.45) is 17.8 Å². The lowest BCUT2D eigenvalue weighted by Gasteiger charge is -2.46. The SMILES string of the molecule is CNCC[C@@H](O)[C@@H]1CC(C2=C(C(=O)O)N3C(=O)C(C(C)O)[C@H]3[C@H]2C)CCN1. The monoisotopic (exact) mass is 381 g/mol. The van der Waals surface area contributed by atoms with Crippen LogP contribution in [0, 0.1) is 17.8 Å². The molecule has 0 aromatic carbocycles. The normalized spacial score (nSPS) is 35.7. The molecule has 27 heavy (non-hydrogen) atoms. The fourth-order valence-corrected chi connectivity index (χ4v) is 5.17. The lowest BCUT2D eigenvalue weighted by atomic mass is 9.73. The Bertz CT molecular complexity index is 635. The van der Waals surface area contributed by atoms with Crippen LogP contribution in [0.1, 0.15) is 33.1 Å². The average molecular weight is 381 g/mol. The van der Waals surface area contributed by atoms with Gasteiger partial charge in [-0.25, -0.2) is 4.79 Å². The zero-order valence-corrected chi connectivity index (χ0v) is 16.2. The van der Waals surface area contributed by atoms with Crippen LogP contribution in [0.25, 0.3) is 0 Å². The van der Waals surface area contributed by atoms with E-state index in [9.17, 15) is 24.9 Å². The van der Waals surface area contributed by atoms with E-state index >= 15 is 0 Å². The number of hydrogen-bond donors (Lipinski definition) is 5. The molecule has 2 saturated heterocycles. The van der Waals surface area contributed by atoms with E-state index in [0.29, 0.717) is 25.9 Å². The molecule has 0 saturated carbocycles. The molecule has 2 fully saturated rings. The molecule has 0 aliphatic carbocycles. The van der Waals surface area contributed by atoms with E-state index in [2.05, 4.69) is 10.6 Å². The second-order valence-electron chi connectivity index (χ2n) is 8.10. The number of aliphatic hydroxyl groups excluding tert-OH is 2. The molecule has 3 rings (SSSR count). The largest absolute Gasteiger partial charge is 0.477 e. The summed E-state index contributed by atoms with van der Waals surface area (Å²) in [5.41, 5.74) is 0.904. The smallest absolute Gasteiger partial charge is 0.352 e. The number of carboxylic acids is 1. The number of hydrogen-bond acceptors (Lipinski definition) is 6. The third-order valence-electron chi connectivity index (χ3n) is 6.46. The van der Waals surface area contributed by atoms with E-state index in [1.54, 1.807) is 6.92 Å². The lowest BCUT2D eigenvalue weighted by Crippen LogP contribution is -2.63. The van der Waals surface area contributed by atoms with Gasteiger partial charge < -0.3 is 30.9 Å². The highest BCUT2D eigenvalue weighted by Crippen LogP contribution is 2.50. The number of carbonyl (C=O) groups is 2. The number of carbonyl (C=O) groups excluding carboxylic acids is 1. The summed E-state index contributed by atoms with van der Waals surface area (Å²) in [5.74, 6) is -2.01. The van der Waals surface area contributed by atoms with Crippen molar-refractivity contribution in [3.8, 4) is 0 Å². The van der Waals surface area contributed by atoms with Crippen molar-refractivity contribution in [2.75, 3.05) is 20.1 Å². The van der Waals surface area contributed by atoms with Crippen LogP contribution in [0.15, 0.2) is 11.3 Å². The van der Waals surface area contributed by atoms with E-state index in [1.807, 2.05) is 14.0 Å². The predicted molar refractivity (Wildman–Crippen MR) is 98.7 cm³/mol. The second kappa shape index (κ2) is 7.87. The minimum Gasteiger partial charge on any atom is -0.477 e. The summed E-state index contributed by atoms with van der Waals surface area (Å²) in [7, 11) is 1.84. The van der Waals surface area contributed by atoms with E-state index < -0.39 is 24.1 Å². The number of nitrogens with zero attached hydrogens (tertiary/aromatic N) is 1. The van der Waals surface area contributed by atoms with Gasteiger partial charge in [0.1, 0.15) is 5.70 Å². The maximum Gasteiger partial charge on any atom is 0.352 e. The van der Waals surface area contributed by atoms with Crippen LogP contribution in [-0.2, 0) is 9.59 Å². The minimum absolute atomic E-state index is 0.00892. The summed E-state index contributed by atoms with van der Waals surface area (Å²) in [5, 5.41) is 36.6. The summed E-state index contributed by atoms with van der Waals surface area (Å²) in [6.45, 7) is 4.96. The maximum atomic E-state index is 12.5. The molecule has 5 N–H and O–H groups in total. The van der Waals surface area contributed by atoms with E-state index in [0.717, 1.165) is 12.0 Å². The summed E-state index contributed by atoms with van der Waals surface area (Å²) >= 11 is 0. The first-order chi connectivity index (χ1) is 12.8. The summed E-state index contributed by atoms with van der Waals surface area (Å²) in [6.07, 6.45) is 0.753. The Morgan fingerprint density at radius 1 is 1.41 bits per heavy atom. The highest BCUT2D eigenvalue weighted by molar-refractivity contribution is 6.00. The highest BCUT2D eigenvalue weighted by Gasteiger charge is 2.60. The zero-order chi connectivity index (χ0) is 19.9. The number of nitrogens with one attached hydrogen (secondary N) is 2. The van der Waals surface area contributed by atoms with Crippen molar-refractivity contribution >= 4 is 11.9 Å². The van der Waals surface area contributed by atoms with Crippen molar-refractivity contribution in [1.82, 2.24) is 15.5 Å². The number of rotatable bonds is 7. The summed E-state index contributed by atoms with van der Waals surface area (Å²) in [4.78, 5) is 25.8. The van der Waals surface area contributed by atoms with Gasteiger partial charge >= 0.3 is 5.97 Å². The Kier molecular flexibility index (Phi) is 5.90. The van der Waals surface area contributed by atoms with Crippen LogP contribution in [0.4, 0.5) is 0 Å². The third-order valence-corrected chi connectivity index (χ3v) is 6.46. The molecular weight excluding hydrogens is 350 g/mol. The Morgan fingerprint density at radius 3 is 2.70 bits per heavy atom. The quantitative estimate of drug-likeness (QED) is 0.378. The Labute approximate surface area is 159 Å². The van der Waals surface area contributed by atoms with Gasteiger partial charge in [0.15, 0.2) is 0 Å². The molecule has 3 aliphatic rings. The number of fused-ring (bicyclic) bond motifs is 1. The molecule has 0 aromatic rings. The molecule has 0 radical (unpaired) electrons. The number of aliphatic hydroxyl groups is 2. The average Bonchev–Trinajstić information content (AvgIpc) is 2.88. The number of amides is 1. The number of piperidine rings is 1. The fourth-order valence-electron chi connectivity index (χ4n) is 5.17. The molecule has 152 valence electrons. The molecule has 0 spiro atoms. The van der Waals surface area contributed by atoms with Gasteiger partial charge in [-0.15, -0.1) is 0 Å². The van der Waals surface area contributed by atoms with Crippen LogP contribution in [-0.4, -0.2) is 76.5 Å². The molecular formula is C19H31N3O5. The summed E-state index contributed by atoms with van der Waals surface area (Å²) in [6, 6.07) is -0.371. The maximum absolute atomic E-state index is 12.5. The molecule has 3 heterocycles. The lowest BCUT2D eigenvalue weighted by molar-refractivity contribution is -0.163. The molecule has 3 aliphatic heterocycles. The van der Waals surface area contributed by atoms with Gasteiger partial charge in [-0.05, 0) is 57.8 Å². The third kappa shape index (κ3) is 3.40. The standard InChI is InChI=1S/C19H31N3O5/c1-9-14(11-4-7-21-12(8-11)13(24)5-6-20-3)17(19(26)27)22-16(9)15(10(2)23)18(22)25/h9-13,15-16,20-21,23-24H,4-8H2,1-3H3,(H,26,27)/t9-,10?,11?,12-,13+,15?,16+/m0/s1. The van der Waals surface area contributed by atoms with E-state index in [4.69, 9.17) is 0 Å². The predicted octanol–water partition coefficient (Wildman–Crippen LogP) is -0.479. The van der Waals surface area contributed by atoms with Crippen LogP contribution in [0.2, 0.25) is 0 Å². The van der Waals surface area contributed by atoms with Crippen molar-refractivity contribution in [1.29, 1.82) is 0 Å². The Balaban J connectivity index is 1.84. The molecule has 0 bridgehead atoms. The van der Waals surface area contributed by atoms with Crippen LogP contribution >= 0.6 is 0 Å². The molecule has 1 amide bonds. The zero-order valence-electron chi connectivity index (χ0n) is 16.2. The fraction of sp³-hybridized carbons (Fsp3) is 0.789. The number of β-lactam (4-membered cyclic amide) rings is 1. The molecule has 0 aromatic heterocycles. The van der Waals surface area contributed by atoms with Gasteiger partial charge in [-0.3, -0.25) is 4.79 Å². The second-order valence-corrected chi connectivity index (χ2v) is 8.10. The topological polar surface area (TPSA) is 122 Å². The highest BCUT2D eigenvalue weighted by atomic mass is 16.4. The van der Waals surface area contributed by atoms with Gasteiger partial charge in [0.05, 0.1) is 24.2 Å².